The zero-order valence-corrected chi connectivity index (χ0v) is 10.8. The molecule has 0 atom stereocenters. The van der Waals surface area contributed by atoms with Gasteiger partial charge in [0, 0.05) is 12.4 Å². The highest BCUT2D eigenvalue weighted by molar-refractivity contribution is 5.98. The quantitative estimate of drug-likeness (QED) is 0.933. The first-order valence-electron chi connectivity index (χ1n) is 6.55. The van der Waals surface area contributed by atoms with Crippen molar-refractivity contribution in [1.82, 2.24) is 9.97 Å². The first-order chi connectivity index (χ1) is 9.71. The molecular formula is C15H14FN3O. The van der Waals surface area contributed by atoms with Crippen molar-refractivity contribution in [2.45, 2.75) is 24.7 Å². The molecule has 0 spiro atoms. The largest absolute Gasteiger partial charge is 0.294 e. The molecule has 2 aromatic rings. The van der Waals surface area contributed by atoms with Crippen LogP contribution in [0.2, 0.25) is 0 Å². The predicted octanol–water partition coefficient (Wildman–Crippen LogP) is 2.68. The average molecular weight is 271 g/mol. The van der Waals surface area contributed by atoms with E-state index < -0.39 is 5.41 Å². The van der Waals surface area contributed by atoms with Gasteiger partial charge in [0.1, 0.15) is 5.82 Å². The van der Waals surface area contributed by atoms with Gasteiger partial charge in [0.15, 0.2) is 0 Å². The van der Waals surface area contributed by atoms with Gasteiger partial charge in [0.2, 0.25) is 11.9 Å². The molecular weight excluding hydrogens is 257 g/mol. The minimum atomic E-state index is -0.576. The standard InChI is InChI=1S/C15H14FN3O/c16-12-5-3-11(4-6-12)15(7-1-8-15)13(20)19-14-17-9-2-10-18-14/h2-6,9-10H,1,7-8H2,(H,17,18,19,20). The number of hydrogen-bond donors (Lipinski definition) is 1. The molecule has 20 heavy (non-hydrogen) atoms. The smallest absolute Gasteiger partial charge is 0.237 e. The number of rotatable bonds is 3. The Hall–Kier alpha value is -2.30. The molecule has 102 valence electrons. The summed E-state index contributed by atoms with van der Waals surface area (Å²) in [6.45, 7) is 0. The summed E-state index contributed by atoms with van der Waals surface area (Å²) in [5.41, 5.74) is 0.269. The molecule has 0 aliphatic heterocycles. The Morgan fingerprint density at radius 2 is 1.80 bits per heavy atom. The van der Waals surface area contributed by atoms with Crippen molar-refractivity contribution >= 4 is 11.9 Å². The van der Waals surface area contributed by atoms with Crippen LogP contribution in [0.5, 0.6) is 0 Å². The fourth-order valence-electron chi connectivity index (χ4n) is 2.53. The number of amides is 1. The second-order valence-corrected chi connectivity index (χ2v) is 4.97. The van der Waals surface area contributed by atoms with E-state index in [4.69, 9.17) is 0 Å². The fraction of sp³-hybridized carbons (Fsp3) is 0.267. The SMILES string of the molecule is O=C(Nc1ncccn1)C1(c2ccc(F)cc2)CCC1. The second kappa shape index (κ2) is 5.00. The summed E-state index contributed by atoms with van der Waals surface area (Å²) in [6.07, 6.45) is 5.66. The number of benzene rings is 1. The van der Waals surface area contributed by atoms with Crippen molar-refractivity contribution in [3.8, 4) is 0 Å². The summed E-state index contributed by atoms with van der Waals surface area (Å²) in [6, 6.07) is 7.83. The maximum atomic E-state index is 13.0. The van der Waals surface area contributed by atoms with E-state index in [0.717, 1.165) is 24.8 Å². The highest BCUT2D eigenvalue weighted by atomic mass is 19.1. The molecule has 0 unspecified atom stereocenters. The third kappa shape index (κ3) is 2.15. The third-order valence-electron chi connectivity index (χ3n) is 3.83. The lowest BCUT2D eigenvalue weighted by Gasteiger charge is -2.40. The molecule has 5 heteroatoms. The van der Waals surface area contributed by atoms with Gasteiger partial charge < -0.3 is 0 Å². The monoisotopic (exact) mass is 271 g/mol. The first-order valence-corrected chi connectivity index (χ1v) is 6.55. The zero-order chi connectivity index (χ0) is 14.0. The van der Waals surface area contributed by atoms with E-state index in [2.05, 4.69) is 15.3 Å². The minimum Gasteiger partial charge on any atom is -0.294 e. The summed E-state index contributed by atoms with van der Waals surface area (Å²) in [4.78, 5) is 20.5. The molecule has 1 aliphatic carbocycles. The van der Waals surface area contributed by atoms with E-state index in [0.29, 0.717) is 5.95 Å². The van der Waals surface area contributed by atoms with E-state index in [9.17, 15) is 9.18 Å². The molecule has 0 bridgehead atoms. The normalized spacial score (nSPS) is 16.2. The maximum absolute atomic E-state index is 13.0. The van der Waals surface area contributed by atoms with Crippen LogP contribution >= 0.6 is 0 Å². The van der Waals surface area contributed by atoms with Crippen LogP contribution in [-0.4, -0.2) is 15.9 Å². The fourth-order valence-corrected chi connectivity index (χ4v) is 2.53. The van der Waals surface area contributed by atoms with Crippen molar-refractivity contribution in [2.75, 3.05) is 5.32 Å². The number of nitrogens with one attached hydrogen (secondary N) is 1. The van der Waals surface area contributed by atoms with E-state index >= 15 is 0 Å². The second-order valence-electron chi connectivity index (χ2n) is 4.97. The number of halogens is 1. The number of anilines is 1. The van der Waals surface area contributed by atoms with Crippen molar-refractivity contribution in [2.24, 2.45) is 0 Å². The molecule has 3 rings (SSSR count). The van der Waals surface area contributed by atoms with Crippen LogP contribution in [0.3, 0.4) is 0 Å². The lowest BCUT2D eigenvalue weighted by Crippen LogP contribution is -2.46. The topological polar surface area (TPSA) is 54.9 Å². The van der Waals surface area contributed by atoms with Gasteiger partial charge >= 0.3 is 0 Å². The Labute approximate surface area is 116 Å². The van der Waals surface area contributed by atoms with Crippen LogP contribution in [0.4, 0.5) is 10.3 Å². The van der Waals surface area contributed by atoms with Crippen molar-refractivity contribution in [3.05, 3.63) is 54.1 Å². The first kappa shape index (κ1) is 12.7. The van der Waals surface area contributed by atoms with E-state index in [1.54, 1.807) is 30.6 Å². The van der Waals surface area contributed by atoms with Gasteiger partial charge in [-0.05, 0) is 36.6 Å². The number of carbonyl (C=O) groups excluding carboxylic acids is 1. The summed E-state index contributed by atoms with van der Waals surface area (Å²) in [5.74, 6) is -0.123. The summed E-state index contributed by atoms with van der Waals surface area (Å²) >= 11 is 0. The molecule has 1 saturated carbocycles. The predicted molar refractivity (Wildman–Crippen MR) is 72.6 cm³/mol. The highest BCUT2D eigenvalue weighted by Gasteiger charge is 2.45. The molecule has 4 nitrogen and oxygen atoms in total. The van der Waals surface area contributed by atoms with Gasteiger partial charge in [0.05, 0.1) is 5.41 Å². The summed E-state index contributed by atoms with van der Waals surface area (Å²) in [7, 11) is 0. The lowest BCUT2D eigenvalue weighted by molar-refractivity contribution is -0.124. The lowest BCUT2D eigenvalue weighted by atomic mass is 9.64. The third-order valence-corrected chi connectivity index (χ3v) is 3.83. The Balaban J connectivity index is 1.85. The van der Waals surface area contributed by atoms with Gasteiger partial charge in [-0.25, -0.2) is 14.4 Å². The van der Waals surface area contributed by atoms with E-state index in [-0.39, 0.29) is 11.7 Å². The highest BCUT2D eigenvalue weighted by Crippen LogP contribution is 2.44. The van der Waals surface area contributed by atoms with Crippen molar-refractivity contribution in [3.63, 3.8) is 0 Å². The van der Waals surface area contributed by atoms with E-state index in [1.165, 1.54) is 12.1 Å². The van der Waals surface area contributed by atoms with Gasteiger partial charge in [-0.2, -0.15) is 0 Å². The van der Waals surface area contributed by atoms with Crippen LogP contribution in [0, 0.1) is 5.82 Å². The molecule has 1 heterocycles. The Bertz CT molecular complexity index is 609. The van der Waals surface area contributed by atoms with Gasteiger partial charge in [0.25, 0.3) is 0 Å². The number of nitrogens with zero attached hydrogens (tertiary/aromatic N) is 2. The molecule has 0 radical (unpaired) electrons. The number of hydrogen-bond acceptors (Lipinski definition) is 3. The maximum Gasteiger partial charge on any atom is 0.237 e. The van der Waals surface area contributed by atoms with Crippen LogP contribution in [0.25, 0.3) is 0 Å². The molecule has 1 aromatic carbocycles. The minimum absolute atomic E-state index is 0.124. The van der Waals surface area contributed by atoms with Crippen LogP contribution < -0.4 is 5.32 Å². The van der Waals surface area contributed by atoms with Gasteiger partial charge in [-0.1, -0.05) is 18.6 Å². The molecule has 1 aromatic heterocycles. The van der Waals surface area contributed by atoms with Crippen molar-refractivity contribution < 1.29 is 9.18 Å². The number of aromatic nitrogens is 2. The molecule has 1 amide bonds. The van der Waals surface area contributed by atoms with Gasteiger partial charge in [-0.3, -0.25) is 10.1 Å². The number of carbonyl (C=O) groups is 1. The van der Waals surface area contributed by atoms with Crippen LogP contribution in [-0.2, 0) is 10.2 Å². The zero-order valence-electron chi connectivity index (χ0n) is 10.8. The molecule has 1 N–H and O–H groups in total. The van der Waals surface area contributed by atoms with Crippen LogP contribution in [0.15, 0.2) is 42.7 Å². The Morgan fingerprint density at radius 1 is 1.15 bits per heavy atom. The molecule has 1 aliphatic rings. The summed E-state index contributed by atoms with van der Waals surface area (Å²) in [5, 5.41) is 2.74. The van der Waals surface area contributed by atoms with E-state index in [1.807, 2.05) is 0 Å². The Morgan fingerprint density at radius 3 is 2.35 bits per heavy atom. The molecule has 0 saturated heterocycles. The van der Waals surface area contributed by atoms with Crippen LogP contribution in [0.1, 0.15) is 24.8 Å². The van der Waals surface area contributed by atoms with Crippen molar-refractivity contribution in [1.29, 1.82) is 0 Å². The summed E-state index contributed by atoms with van der Waals surface area (Å²) < 4.78 is 13.0. The Kier molecular flexibility index (Phi) is 3.18. The molecule has 1 fully saturated rings. The average Bonchev–Trinajstić information content (AvgIpc) is 2.41. The van der Waals surface area contributed by atoms with Gasteiger partial charge in [-0.15, -0.1) is 0 Å².